The van der Waals surface area contributed by atoms with E-state index in [1.165, 1.54) is 11.7 Å². The summed E-state index contributed by atoms with van der Waals surface area (Å²) in [5.74, 6) is 0.671. The second-order valence-corrected chi connectivity index (χ2v) is 6.39. The molecule has 0 spiro atoms. The predicted molar refractivity (Wildman–Crippen MR) is 82.2 cm³/mol. The van der Waals surface area contributed by atoms with Gasteiger partial charge >= 0.3 is 0 Å². The number of ether oxygens (including phenoxy) is 1. The third-order valence-corrected chi connectivity index (χ3v) is 5.67. The fourth-order valence-electron chi connectivity index (χ4n) is 4.34. The molecule has 2 bridgehead atoms. The van der Waals surface area contributed by atoms with Crippen molar-refractivity contribution in [1.29, 1.82) is 0 Å². The number of fused-ring (bicyclic) bond motifs is 2. The summed E-state index contributed by atoms with van der Waals surface area (Å²) in [5, 5.41) is 5.64. The van der Waals surface area contributed by atoms with Gasteiger partial charge in [0.25, 0.3) is 0 Å². The highest BCUT2D eigenvalue weighted by Crippen LogP contribution is 2.55. The molecule has 3 rings (SSSR count). The Balaban J connectivity index is 1.77. The molecule has 5 heteroatoms. The minimum atomic E-state index is -0.159. The molecule has 3 aliphatic rings. The number of hydrogen-bond acceptors (Lipinski definition) is 5. The quantitative estimate of drug-likeness (QED) is 0.846. The van der Waals surface area contributed by atoms with Gasteiger partial charge in [0.2, 0.25) is 0 Å². The minimum Gasteiger partial charge on any atom is -0.365 e. The number of nitrogens with zero attached hydrogens (tertiary/aromatic N) is 2. The van der Waals surface area contributed by atoms with Crippen molar-refractivity contribution >= 4 is 6.21 Å². The summed E-state index contributed by atoms with van der Waals surface area (Å²) in [6.45, 7) is 6.72. The summed E-state index contributed by atoms with van der Waals surface area (Å²) in [5.41, 5.74) is 2.88. The van der Waals surface area contributed by atoms with Crippen LogP contribution in [0.3, 0.4) is 0 Å². The Kier molecular flexibility index (Phi) is 3.97. The van der Waals surface area contributed by atoms with E-state index in [2.05, 4.69) is 31.3 Å². The van der Waals surface area contributed by atoms with Crippen LogP contribution in [0.4, 0.5) is 0 Å². The second-order valence-electron chi connectivity index (χ2n) is 6.39. The molecular weight excluding hydrogens is 266 g/mol. The number of hydrazone groups is 1. The molecule has 0 radical (unpaired) electrons. The average Bonchev–Trinajstić information content (AvgIpc) is 2.82. The molecule has 0 aromatic heterocycles. The van der Waals surface area contributed by atoms with E-state index in [9.17, 15) is 0 Å². The lowest BCUT2D eigenvalue weighted by atomic mass is 9.71. The van der Waals surface area contributed by atoms with Crippen LogP contribution in [0, 0.1) is 5.92 Å². The lowest BCUT2D eigenvalue weighted by molar-refractivity contribution is -0.279. The molecule has 21 heavy (non-hydrogen) atoms. The topological polar surface area (TPSA) is 46.1 Å². The Bertz CT molecular complexity index is 433. The van der Waals surface area contributed by atoms with Crippen molar-refractivity contribution < 1.29 is 9.57 Å². The van der Waals surface area contributed by atoms with Crippen LogP contribution in [0.2, 0.25) is 0 Å². The molecule has 3 unspecified atom stereocenters. The van der Waals surface area contributed by atoms with Crippen LogP contribution in [-0.2, 0) is 9.57 Å². The highest BCUT2D eigenvalue weighted by molar-refractivity contribution is 5.70. The van der Waals surface area contributed by atoms with Gasteiger partial charge in [0.15, 0.2) is 0 Å². The molecule has 1 saturated carbocycles. The van der Waals surface area contributed by atoms with E-state index >= 15 is 0 Å². The van der Waals surface area contributed by atoms with Crippen molar-refractivity contribution in [3.63, 3.8) is 0 Å². The Labute approximate surface area is 127 Å². The molecule has 0 amide bonds. The number of allylic oxidation sites excluding steroid dienone is 1. The van der Waals surface area contributed by atoms with Crippen LogP contribution in [0.5, 0.6) is 0 Å². The first-order chi connectivity index (χ1) is 10.2. The monoisotopic (exact) mass is 293 g/mol. The zero-order valence-corrected chi connectivity index (χ0v) is 13.3. The van der Waals surface area contributed by atoms with Gasteiger partial charge in [-0.2, -0.15) is 0 Å². The molecule has 0 aromatic carbocycles. The molecule has 1 N–H and O–H groups in total. The fourth-order valence-corrected chi connectivity index (χ4v) is 4.34. The molecule has 0 aromatic rings. The van der Waals surface area contributed by atoms with Crippen molar-refractivity contribution in [2.24, 2.45) is 11.0 Å². The summed E-state index contributed by atoms with van der Waals surface area (Å²) in [6, 6.07) is 0. The summed E-state index contributed by atoms with van der Waals surface area (Å²) < 4.78 is 6.71. The van der Waals surface area contributed by atoms with Crippen LogP contribution < -0.4 is 5.43 Å². The van der Waals surface area contributed by atoms with E-state index in [1.807, 2.05) is 12.3 Å². The molecule has 118 valence electrons. The van der Waals surface area contributed by atoms with E-state index in [0.717, 1.165) is 32.1 Å². The number of rotatable bonds is 5. The maximum absolute atomic E-state index is 6.71. The predicted octanol–water partition coefficient (Wildman–Crippen LogP) is 3.14. The van der Waals surface area contributed by atoms with Gasteiger partial charge in [-0.25, -0.2) is 4.84 Å². The van der Waals surface area contributed by atoms with Gasteiger partial charge in [-0.05, 0) is 50.5 Å². The Hall–Kier alpha value is -1.07. The van der Waals surface area contributed by atoms with E-state index < -0.39 is 0 Å². The van der Waals surface area contributed by atoms with Crippen molar-refractivity contribution in [1.82, 2.24) is 10.7 Å². The van der Waals surface area contributed by atoms with E-state index in [1.54, 1.807) is 6.21 Å². The van der Waals surface area contributed by atoms with Crippen LogP contribution >= 0.6 is 0 Å². The largest absolute Gasteiger partial charge is 0.365 e. The van der Waals surface area contributed by atoms with Crippen LogP contribution in [0.25, 0.3) is 0 Å². The maximum Gasteiger partial charge on any atom is 0.118 e. The standard InChI is InChI=1S/C16H27N3O2/c1-4-15(5-2)13-8-9-14(16(6-3,12-13)21-15)20-19-17-10-7-11-18-19/h7,10-11,13-14,17H,4-6,8-9,12H2,1-3H3. The van der Waals surface area contributed by atoms with Gasteiger partial charge in [-0.3, -0.25) is 5.43 Å². The van der Waals surface area contributed by atoms with E-state index in [4.69, 9.17) is 9.57 Å². The van der Waals surface area contributed by atoms with Crippen LogP contribution in [0.1, 0.15) is 59.3 Å². The highest BCUT2D eigenvalue weighted by Gasteiger charge is 2.60. The minimum absolute atomic E-state index is 0.0482. The van der Waals surface area contributed by atoms with Gasteiger partial charge in [0.1, 0.15) is 6.10 Å². The smallest absolute Gasteiger partial charge is 0.118 e. The van der Waals surface area contributed by atoms with Crippen molar-refractivity contribution in [3.8, 4) is 0 Å². The molecule has 2 heterocycles. The van der Waals surface area contributed by atoms with E-state index in [0.29, 0.717) is 5.92 Å². The zero-order chi connectivity index (χ0) is 14.9. The Morgan fingerprint density at radius 3 is 2.71 bits per heavy atom. The molecule has 1 aliphatic carbocycles. The van der Waals surface area contributed by atoms with Crippen molar-refractivity contribution in [2.75, 3.05) is 0 Å². The fraction of sp³-hybridized carbons (Fsp3) is 0.812. The number of nitrogens with one attached hydrogen (secondary N) is 1. The molecule has 5 nitrogen and oxygen atoms in total. The lowest BCUT2D eigenvalue weighted by Gasteiger charge is -2.40. The molecule has 1 saturated heterocycles. The zero-order valence-electron chi connectivity index (χ0n) is 13.3. The summed E-state index contributed by atoms with van der Waals surface area (Å²) in [6.07, 6.45) is 11.9. The molecule has 2 fully saturated rings. The summed E-state index contributed by atoms with van der Waals surface area (Å²) >= 11 is 0. The maximum atomic E-state index is 6.71. The number of hydrazine groups is 1. The van der Waals surface area contributed by atoms with Gasteiger partial charge in [-0.15, -0.1) is 5.10 Å². The van der Waals surface area contributed by atoms with Gasteiger partial charge in [0, 0.05) is 6.20 Å². The average molecular weight is 293 g/mol. The van der Waals surface area contributed by atoms with Gasteiger partial charge in [0.05, 0.1) is 17.4 Å². The van der Waals surface area contributed by atoms with Gasteiger partial charge < -0.3 is 4.74 Å². The van der Waals surface area contributed by atoms with E-state index in [-0.39, 0.29) is 17.3 Å². The third kappa shape index (κ3) is 2.36. The number of hydrogen-bond donors (Lipinski definition) is 1. The Morgan fingerprint density at radius 2 is 2.10 bits per heavy atom. The Morgan fingerprint density at radius 1 is 1.29 bits per heavy atom. The van der Waals surface area contributed by atoms with Crippen LogP contribution in [-0.4, -0.2) is 28.8 Å². The first kappa shape index (κ1) is 14.9. The molecular formula is C16H27N3O2. The highest BCUT2D eigenvalue weighted by atomic mass is 16.8. The normalized spacial score (nSPS) is 36.8. The SMILES string of the molecule is CCC1(CC)OC2(CC)CC1CCC2ON1N=CC=CN1. The summed E-state index contributed by atoms with van der Waals surface area (Å²) in [7, 11) is 0. The van der Waals surface area contributed by atoms with Gasteiger partial charge in [-0.1, -0.05) is 26.1 Å². The third-order valence-electron chi connectivity index (χ3n) is 5.67. The first-order valence-electron chi connectivity index (χ1n) is 8.30. The molecule has 3 atom stereocenters. The van der Waals surface area contributed by atoms with Crippen molar-refractivity contribution in [3.05, 3.63) is 12.3 Å². The van der Waals surface area contributed by atoms with Crippen LogP contribution in [0.15, 0.2) is 17.4 Å². The molecule has 2 aliphatic heterocycles. The summed E-state index contributed by atoms with van der Waals surface area (Å²) in [4.78, 5) is 6.09. The second kappa shape index (κ2) is 5.61. The lowest BCUT2D eigenvalue weighted by Crippen LogP contribution is -2.49. The van der Waals surface area contributed by atoms with Crippen molar-refractivity contribution in [2.45, 2.75) is 76.6 Å². The first-order valence-corrected chi connectivity index (χ1v) is 8.30.